The van der Waals surface area contributed by atoms with Gasteiger partial charge in [-0.1, -0.05) is 23.7 Å². The van der Waals surface area contributed by atoms with Crippen LogP contribution >= 0.6 is 11.6 Å². The summed E-state index contributed by atoms with van der Waals surface area (Å²) in [6.45, 7) is -1.53. The lowest BCUT2D eigenvalue weighted by Crippen LogP contribution is -2.42. The zero-order chi connectivity index (χ0) is 34.9. The van der Waals surface area contributed by atoms with Crippen molar-refractivity contribution in [3.63, 3.8) is 0 Å². The molecule has 1 heterocycles. The van der Waals surface area contributed by atoms with Crippen molar-refractivity contribution in [2.45, 2.75) is 43.4 Å². The van der Waals surface area contributed by atoms with Gasteiger partial charge in [0.25, 0.3) is 5.91 Å². The highest BCUT2D eigenvalue weighted by Crippen LogP contribution is 2.48. The lowest BCUT2D eigenvalue weighted by Gasteiger charge is -2.19. The first-order valence-electron chi connectivity index (χ1n) is 14.6. The zero-order valence-corrected chi connectivity index (χ0v) is 26.5. The average molecular weight is 693 g/mol. The van der Waals surface area contributed by atoms with E-state index in [4.69, 9.17) is 21.1 Å². The fourth-order valence-corrected chi connectivity index (χ4v) is 4.57. The topological polar surface area (TPSA) is 186 Å². The van der Waals surface area contributed by atoms with Gasteiger partial charge in [0, 0.05) is 29.9 Å². The summed E-state index contributed by atoms with van der Waals surface area (Å²) in [7, 11) is 2.48. The highest BCUT2D eigenvalue weighted by Gasteiger charge is 2.45. The first-order chi connectivity index (χ1) is 22.8. The van der Waals surface area contributed by atoms with E-state index >= 15 is 0 Å². The number of anilines is 3. The van der Waals surface area contributed by atoms with Crippen molar-refractivity contribution in [3.05, 3.63) is 64.7 Å². The van der Waals surface area contributed by atoms with Crippen LogP contribution in [0.3, 0.4) is 0 Å². The Bertz CT molecular complexity index is 1620. The molecule has 0 unspecified atom stereocenters. The molecular weight excluding hydrogens is 661 g/mol. The number of hydrogen-bond donors (Lipinski definition) is 5. The van der Waals surface area contributed by atoms with Crippen LogP contribution in [0, 0.1) is 0 Å². The second kappa shape index (κ2) is 15.6. The van der Waals surface area contributed by atoms with E-state index in [0.717, 1.165) is 18.4 Å². The van der Waals surface area contributed by atoms with E-state index in [-0.39, 0.29) is 36.8 Å². The number of hydrogen-bond acceptors (Lipinski definition) is 11. The number of carbonyl (C=O) groups is 4. The van der Waals surface area contributed by atoms with Crippen molar-refractivity contribution in [1.29, 1.82) is 0 Å². The second-order valence-corrected chi connectivity index (χ2v) is 11.0. The van der Waals surface area contributed by atoms with Crippen LogP contribution in [-0.2, 0) is 24.7 Å². The lowest BCUT2D eigenvalue weighted by molar-refractivity contribution is -0.154. The van der Waals surface area contributed by atoms with Gasteiger partial charge >= 0.3 is 30.0 Å². The predicted molar refractivity (Wildman–Crippen MR) is 167 cm³/mol. The molecule has 1 aromatic heterocycles. The van der Waals surface area contributed by atoms with Crippen LogP contribution in [0.4, 0.5) is 30.8 Å². The first kappa shape index (κ1) is 35.7. The summed E-state index contributed by atoms with van der Waals surface area (Å²) in [6.07, 6.45) is -2.82. The van der Waals surface area contributed by atoms with Crippen molar-refractivity contribution in [1.82, 2.24) is 30.9 Å². The molecule has 1 atom stereocenters. The maximum atomic E-state index is 12.9. The molecule has 3 aromatic rings. The van der Waals surface area contributed by atoms with Crippen molar-refractivity contribution in [2.75, 3.05) is 37.9 Å². The molecular formula is C30H32ClF3N8O6. The fraction of sp³-hybridized carbons (Fsp3) is 0.367. The summed E-state index contributed by atoms with van der Waals surface area (Å²) in [5.74, 6) is -3.08. The molecule has 1 aliphatic rings. The van der Waals surface area contributed by atoms with E-state index in [2.05, 4.69) is 41.5 Å². The minimum Gasteiger partial charge on any atom is -0.467 e. The number of ether oxygens (including phenoxy) is 2. The van der Waals surface area contributed by atoms with Gasteiger partial charge in [-0.15, -0.1) is 0 Å². The predicted octanol–water partition coefficient (Wildman–Crippen LogP) is 3.22. The Morgan fingerprint density at radius 1 is 0.958 bits per heavy atom. The summed E-state index contributed by atoms with van der Waals surface area (Å²) >= 11 is 6.01. The number of esters is 1. The Hall–Kier alpha value is -5.19. The molecule has 1 saturated carbocycles. The Kier molecular flexibility index (Phi) is 11.6. The highest BCUT2D eigenvalue weighted by molar-refractivity contribution is 6.35. The van der Waals surface area contributed by atoms with Gasteiger partial charge < -0.3 is 36.1 Å². The minimum absolute atomic E-state index is 0.0184. The van der Waals surface area contributed by atoms with Gasteiger partial charge in [0.1, 0.15) is 6.04 Å². The van der Waals surface area contributed by atoms with Gasteiger partial charge in [-0.05, 0) is 67.6 Å². The Balaban J connectivity index is 1.43. The summed E-state index contributed by atoms with van der Waals surface area (Å²) in [6, 6.07) is 11.4. The molecule has 5 N–H and O–H groups in total. The molecule has 48 heavy (non-hydrogen) atoms. The Morgan fingerprint density at radius 3 is 2.23 bits per heavy atom. The number of alkyl halides is 3. The Labute approximate surface area is 277 Å². The third kappa shape index (κ3) is 10.2. The SMILES string of the molecule is CNC(=O)C(=O)NCCC[C@H](NC(=O)c1ccc(Nc2nc(NC3(c4ccc(Cl)cc4)CC3)nc(OCC(F)(F)F)n2)cc1)C(=O)OC. The highest BCUT2D eigenvalue weighted by atomic mass is 35.5. The standard InChI is InChI=1S/C30H32ClF3N8O6/c1-35-23(44)24(45)36-15-3-4-21(25(46)47-2)38-22(43)17-5-11-20(12-6-17)37-26-39-27(41-28(40-26)48-16-30(32,33)34)42-29(13-14-29)18-7-9-19(31)10-8-18/h5-12,21H,3-4,13-16H2,1-2H3,(H,35,44)(H,36,45)(H,38,43)(H2,37,39,40,41,42)/t21-/m0/s1. The van der Waals surface area contributed by atoms with Crippen LogP contribution in [0.25, 0.3) is 0 Å². The molecule has 3 amide bonds. The van der Waals surface area contributed by atoms with Gasteiger partial charge in [-0.3, -0.25) is 14.4 Å². The van der Waals surface area contributed by atoms with Crippen molar-refractivity contribution in [3.8, 4) is 6.01 Å². The summed E-state index contributed by atoms with van der Waals surface area (Å²) in [5.41, 5.74) is 0.908. The number of amides is 3. The lowest BCUT2D eigenvalue weighted by atomic mass is 10.1. The molecule has 14 nitrogen and oxygen atoms in total. The summed E-state index contributed by atoms with van der Waals surface area (Å²) in [5, 5.41) is 13.8. The Morgan fingerprint density at radius 2 is 1.62 bits per heavy atom. The molecule has 1 fully saturated rings. The third-order valence-electron chi connectivity index (χ3n) is 7.06. The number of carbonyl (C=O) groups excluding carboxylic acids is 4. The quantitative estimate of drug-likeness (QED) is 0.0949. The molecule has 2 aromatic carbocycles. The largest absolute Gasteiger partial charge is 0.467 e. The van der Waals surface area contributed by atoms with E-state index < -0.39 is 54.1 Å². The van der Waals surface area contributed by atoms with Crippen LogP contribution in [0.5, 0.6) is 6.01 Å². The number of benzene rings is 2. The minimum atomic E-state index is -4.62. The molecule has 1 aliphatic carbocycles. The number of nitrogens with one attached hydrogen (secondary N) is 5. The molecule has 4 rings (SSSR count). The molecule has 0 aliphatic heterocycles. The monoisotopic (exact) mass is 692 g/mol. The first-order valence-corrected chi connectivity index (χ1v) is 14.9. The molecule has 256 valence electrons. The molecule has 18 heteroatoms. The number of nitrogens with zero attached hydrogens (tertiary/aromatic N) is 3. The normalized spacial score (nSPS) is 13.8. The molecule has 0 bridgehead atoms. The second-order valence-electron chi connectivity index (χ2n) is 10.6. The molecule has 0 radical (unpaired) electrons. The molecule has 0 spiro atoms. The van der Waals surface area contributed by atoms with Gasteiger partial charge in [-0.25, -0.2) is 4.79 Å². The van der Waals surface area contributed by atoms with E-state index in [9.17, 15) is 32.3 Å². The van der Waals surface area contributed by atoms with Gasteiger partial charge in [0.2, 0.25) is 11.9 Å². The van der Waals surface area contributed by atoms with E-state index in [1.807, 2.05) is 12.1 Å². The van der Waals surface area contributed by atoms with Gasteiger partial charge in [-0.2, -0.15) is 28.1 Å². The van der Waals surface area contributed by atoms with Crippen LogP contribution in [0.15, 0.2) is 48.5 Å². The molecule has 0 saturated heterocycles. The smallest absolute Gasteiger partial charge is 0.422 e. The number of halogens is 4. The maximum Gasteiger partial charge on any atom is 0.422 e. The maximum absolute atomic E-state index is 12.9. The van der Waals surface area contributed by atoms with Gasteiger partial charge in [0.15, 0.2) is 6.61 Å². The zero-order valence-electron chi connectivity index (χ0n) is 25.7. The average Bonchev–Trinajstić information content (AvgIpc) is 3.84. The fourth-order valence-electron chi connectivity index (χ4n) is 4.44. The van der Waals surface area contributed by atoms with Crippen molar-refractivity contribution in [2.24, 2.45) is 0 Å². The number of likely N-dealkylation sites (N-methyl/N-ethyl adjacent to an activating group) is 1. The van der Waals surface area contributed by atoms with Crippen LogP contribution in [0.1, 0.15) is 41.6 Å². The van der Waals surface area contributed by atoms with E-state index in [1.165, 1.54) is 38.4 Å². The van der Waals surface area contributed by atoms with E-state index in [0.29, 0.717) is 10.7 Å². The van der Waals surface area contributed by atoms with E-state index in [1.54, 1.807) is 12.1 Å². The van der Waals surface area contributed by atoms with Crippen LogP contribution in [0.2, 0.25) is 5.02 Å². The van der Waals surface area contributed by atoms with Crippen LogP contribution < -0.4 is 31.3 Å². The summed E-state index contributed by atoms with van der Waals surface area (Å²) in [4.78, 5) is 60.4. The summed E-state index contributed by atoms with van der Waals surface area (Å²) < 4.78 is 48.3. The number of methoxy groups -OCH3 is 1. The number of aromatic nitrogens is 3. The van der Waals surface area contributed by atoms with Crippen molar-refractivity contribution < 1.29 is 41.8 Å². The van der Waals surface area contributed by atoms with Crippen molar-refractivity contribution >= 4 is 52.9 Å². The van der Waals surface area contributed by atoms with Gasteiger partial charge in [0.05, 0.1) is 12.6 Å². The van der Waals surface area contributed by atoms with Crippen LogP contribution in [-0.4, -0.2) is 78.2 Å². The number of rotatable bonds is 14. The third-order valence-corrected chi connectivity index (χ3v) is 7.31.